The van der Waals surface area contributed by atoms with Gasteiger partial charge in [-0.1, -0.05) is 19.3 Å². The van der Waals surface area contributed by atoms with E-state index in [1.165, 1.54) is 58.0 Å². The van der Waals surface area contributed by atoms with Gasteiger partial charge in [0.1, 0.15) is 0 Å². The van der Waals surface area contributed by atoms with Gasteiger partial charge < -0.3 is 10.6 Å². The van der Waals surface area contributed by atoms with Crippen molar-refractivity contribution in [2.75, 3.05) is 20.1 Å². The van der Waals surface area contributed by atoms with E-state index in [-0.39, 0.29) is 5.54 Å². The first-order valence-corrected chi connectivity index (χ1v) is 6.18. The first-order valence-electron chi connectivity index (χ1n) is 6.18. The average Bonchev–Trinajstić information content (AvgIpc) is 2.19. The summed E-state index contributed by atoms with van der Waals surface area (Å²) in [5.41, 5.74) is 6.77. The van der Waals surface area contributed by atoms with Crippen LogP contribution in [0.4, 0.5) is 0 Å². The molecule has 0 radical (unpaired) electrons. The first kappa shape index (κ1) is 10.4. The Kier molecular flexibility index (Phi) is 3.13. The molecule has 1 heterocycles. The second-order valence-electron chi connectivity index (χ2n) is 5.37. The molecule has 0 aromatic heterocycles. The van der Waals surface area contributed by atoms with Gasteiger partial charge in [0, 0.05) is 5.54 Å². The van der Waals surface area contributed by atoms with Gasteiger partial charge in [0.25, 0.3) is 0 Å². The van der Waals surface area contributed by atoms with E-state index in [4.69, 9.17) is 5.73 Å². The van der Waals surface area contributed by atoms with Gasteiger partial charge in [0.2, 0.25) is 0 Å². The van der Waals surface area contributed by atoms with Crippen LogP contribution in [0.25, 0.3) is 0 Å². The number of piperidine rings is 1. The summed E-state index contributed by atoms with van der Waals surface area (Å²) >= 11 is 0. The van der Waals surface area contributed by atoms with Crippen LogP contribution < -0.4 is 5.73 Å². The molecule has 14 heavy (non-hydrogen) atoms. The van der Waals surface area contributed by atoms with Crippen molar-refractivity contribution in [2.24, 2.45) is 11.7 Å². The van der Waals surface area contributed by atoms with Crippen LogP contribution in [0.2, 0.25) is 0 Å². The zero-order chi connectivity index (χ0) is 10.0. The molecule has 1 saturated carbocycles. The molecule has 2 rings (SSSR count). The van der Waals surface area contributed by atoms with Gasteiger partial charge >= 0.3 is 0 Å². The highest BCUT2D eigenvalue weighted by atomic mass is 15.1. The average molecular weight is 196 g/mol. The maximum Gasteiger partial charge on any atom is 0.0183 e. The van der Waals surface area contributed by atoms with Gasteiger partial charge in [0.15, 0.2) is 0 Å². The van der Waals surface area contributed by atoms with Gasteiger partial charge in [-0.3, -0.25) is 0 Å². The number of hydrogen-bond acceptors (Lipinski definition) is 2. The quantitative estimate of drug-likeness (QED) is 0.695. The smallest absolute Gasteiger partial charge is 0.0183 e. The molecule has 2 fully saturated rings. The number of likely N-dealkylation sites (tertiary alicyclic amines) is 1. The van der Waals surface area contributed by atoms with Crippen molar-refractivity contribution in [1.82, 2.24) is 4.90 Å². The van der Waals surface area contributed by atoms with Gasteiger partial charge in [0.05, 0.1) is 0 Å². The Balaban J connectivity index is 1.92. The molecule has 0 unspecified atom stereocenters. The molecule has 1 aliphatic heterocycles. The molecule has 0 spiro atoms. The van der Waals surface area contributed by atoms with E-state index in [1.807, 2.05) is 0 Å². The largest absolute Gasteiger partial charge is 0.325 e. The normalized spacial score (nSPS) is 30.4. The van der Waals surface area contributed by atoms with E-state index in [2.05, 4.69) is 11.9 Å². The highest BCUT2D eigenvalue weighted by molar-refractivity contribution is 4.95. The first-order chi connectivity index (χ1) is 6.71. The van der Waals surface area contributed by atoms with Crippen molar-refractivity contribution >= 4 is 0 Å². The lowest BCUT2D eigenvalue weighted by atomic mass is 9.70. The minimum absolute atomic E-state index is 0.208. The SMILES string of the molecule is CN1CCC(C2(N)CCCCC2)CC1. The molecular formula is C12H24N2. The van der Waals surface area contributed by atoms with Crippen LogP contribution in [0, 0.1) is 5.92 Å². The zero-order valence-electron chi connectivity index (χ0n) is 9.47. The molecule has 1 aliphatic carbocycles. The fourth-order valence-electron chi connectivity index (χ4n) is 3.20. The molecule has 82 valence electrons. The maximum atomic E-state index is 6.56. The van der Waals surface area contributed by atoms with E-state index in [0.29, 0.717) is 0 Å². The summed E-state index contributed by atoms with van der Waals surface area (Å²) in [6.45, 7) is 2.51. The maximum absolute atomic E-state index is 6.56. The van der Waals surface area contributed by atoms with Crippen molar-refractivity contribution in [2.45, 2.75) is 50.5 Å². The van der Waals surface area contributed by atoms with Crippen molar-refractivity contribution in [3.63, 3.8) is 0 Å². The molecule has 2 N–H and O–H groups in total. The molecular weight excluding hydrogens is 172 g/mol. The Morgan fingerprint density at radius 2 is 1.64 bits per heavy atom. The monoisotopic (exact) mass is 196 g/mol. The van der Waals surface area contributed by atoms with Crippen LogP contribution in [0.1, 0.15) is 44.9 Å². The summed E-state index contributed by atoms with van der Waals surface area (Å²) in [5, 5.41) is 0. The second kappa shape index (κ2) is 4.19. The van der Waals surface area contributed by atoms with Crippen molar-refractivity contribution < 1.29 is 0 Å². The summed E-state index contributed by atoms with van der Waals surface area (Å²) < 4.78 is 0. The molecule has 0 aromatic carbocycles. The summed E-state index contributed by atoms with van der Waals surface area (Å²) in [7, 11) is 2.22. The minimum atomic E-state index is 0.208. The van der Waals surface area contributed by atoms with Crippen LogP contribution in [0.5, 0.6) is 0 Å². The number of nitrogens with two attached hydrogens (primary N) is 1. The number of hydrogen-bond donors (Lipinski definition) is 1. The lowest BCUT2D eigenvalue weighted by molar-refractivity contribution is 0.117. The standard InChI is InChI=1S/C12H24N2/c1-14-9-5-11(6-10-14)12(13)7-3-2-4-8-12/h11H,2-10,13H2,1H3. The summed E-state index contributed by atoms with van der Waals surface area (Å²) in [5.74, 6) is 0.805. The lowest BCUT2D eigenvalue weighted by Crippen LogP contribution is -2.51. The third-order valence-corrected chi connectivity index (χ3v) is 4.32. The predicted octanol–water partition coefficient (Wildman–Crippen LogP) is 1.99. The van der Waals surface area contributed by atoms with E-state index in [9.17, 15) is 0 Å². The summed E-state index contributed by atoms with van der Waals surface area (Å²) in [6.07, 6.45) is 9.35. The summed E-state index contributed by atoms with van der Waals surface area (Å²) in [4.78, 5) is 2.43. The number of nitrogens with zero attached hydrogens (tertiary/aromatic N) is 1. The van der Waals surface area contributed by atoms with Crippen molar-refractivity contribution in [3.8, 4) is 0 Å². The highest BCUT2D eigenvalue weighted by Crippen LogP contribution is 2.37. The molecule has 2 heteroatoms. The third kappa shape index (κ3) is 2.12. The molecule has 0 aromatic rings. The third-order valence-electron chi connectivity index (χ3n) is 4.32. The topological polar surface area (TPSA) is 29.3 Å². The Bertz CT molecular complexity index is 177. The van der Waals surface area contributed by atoms with E-state index in [1.54, 1.807) is 0 Å². The molecule has 0 bridgehead atoms. The van der Waals surface area contributed by atoms with E-state index < -0.39 is 0 Å². The van der Waals surface area contributed by atoms with E-state index >= 15 is 0 Å². The summed E-state index contributed by atoms with van der Waals surface area (Å²) in [6, 6.07) is 0. The Hall–Kier alpha value is -0.0800. The fraction of sp³-hybridized carbons (Fsp3) is 1.00. The molecule has 2 nitrogen and oxygen atoms in total. The lowest BCUT2D eigenvalue weighted by Gasteiger charge is -2.44. The Labute approximate surface area is 87.8 Å². The van der Waals surface area contributed by atoms with Crippen molar-refractivity contribution in [3.05, 3.63) is 0 Å². The minimum Gasteiger partial charge on any atom is -0.325 e. The van der Waals surface area contributed by atoms with Gasteiger partial charge in [-0.05, 0) is 51.7 Å². The van der Waals surface area contributed by atoms with Crippen LogP contribution in [-0.4, -0.2) is 30.6 Å². The molecule has 1 saturated heterocycles. The van der Waals surface area contributed by atoms with Gasteiger partial charge in [-0.25, -0.2) is 0 Å². The van der Waals surface area contributed by atoms with Crippen LogP contribution >= 0.6 is 0 Å². The van der Waals surface area contributed by atoms with Gasteiger partial charge in [-0.2, -0.15) is 0 Å². The van der Waals surface area contributed by atoms with Gasteiger partial charge in [-0.15, -0.1) is 0 Å². The molecule has 2 aliphatic rings. The molecule has 0 atom stereocenters. The van der Waals surface area contributed by atoms with Crippen LogP contribution in [-0.2, 0) is 0 Å². The van der Waals surface area contributed by atoms with Crippen LogP contribution in [0.3, 0.4) is 0 Å². The Morgan fingerprint density at radius 1 is 1.07 bits per heavy atom. The number of rotatable bonds is 1. The highest BCUT2D eigenvalue weighted by Gasteiger charge is 2.36. The van der Waals surface area contributed by atoms with E-state index in [0.717, 1.165) is 5.92 Å². The fourth-order valence-corrected chi connectivity index (χ4v) is 3.20. The zero-order valence-corrected chi connectivity index (χ0v) is 9.47. The van der Waals surface area contributed by atoms with Crippen LogP contribution in [0.15, 0.2) is 0 Å². The molecule has 0 amide bonds. The second-order valence-corrected chi connectivity index (χ2v) is 5.37. The predicted molar refractivity (Wildman–Crippen MR) is 60.2 cm³/mol. The van der Waals surface area contributed by atoms with Crippen molar-refractivity contribution in [1.29, 1.82) is 0 Å². The Morgan fingerprint density at radius 3 is 2.21 bits per heavy atom.